The third kappa shape index (κ3) is 16.4. The van der Waals surface area contributed by atoms with E-state index in [9.17, 15) is 48.9 Å². The number of aliphatic carboxylic acids is 4. The average Bonchev–Trinajstić information content (AvgIpc) is 3.44. The Hall–Kier alpha value is -6.32. The van der Waals surface area contributed by atoms with Gasteiger partial charge < -0.3 is 51.4 Å². The zero-order valence-electron chi connectivity index (χ0n) is 30.6. The Labute approximate surface area is 320 Å². The van der Waals surface area contributed by atoms with Gasteiger partial charge in [0.1, 0.15) is 5.82 Å². The first-order chi connectivity index (χ1) is 26.7. The first-order valence-electron chi connectivity index (χ1n) is 17.5. The highest BCUT2D eigenvalue weighted by Gasteiger charge is 2.20. The van der Waals surface area contributed by atoms with Crippen molar-refractivity contribution in [3.05, 3.63) is 54.4 Å². The maximum Gasteiger partial charge on any atom is 0.317 e. The minimum Gasteiger partial charge on any atom is -0.494 e. The first kappa shape index (κ1) is 44.1. The van der Waals surface area contributed by atoms with Crippen molar-refractivity contribution in [1.29, 1.82) is 0 Å². The summed E-state index contributed by atoms with van der Waals surface area (Å²) in [6, 6.07) is 10.4. The highest BCUT2D eigenvalue weighted by molar-refractivity contribution is 6.00. The molecule has 0 aliphatic heterocycles. The van der Waals surface area contributed by atoms with Crippen LogP contribution in [0.15, 0.2) is 48.8 Å². The molecule has 0 fully saturated rings. The molecule has 0 spiro atoms. The Kier molecular flexibility index (Phi) is 17.9. The lowest BCUT2D eigenvalue weighted by Crippen LogP contribution is -2.47. The molecule has 0 bridgehead atoms. The number of amides is 3. The number of carboxylic acids is 4. The Balaban J connectivity index is 1.38. The Morgan fingerprint density at radius 3 is 1.80 bits per heavy atom. The number of nitrogens with zero attached hydrogens (tertiary/aromatic N) is 5. The molecule has 2 heterocycles. The van der Waals surface area contributed by atoms with Crippen LogP contribution in [0.3, 0.4) is 0 Å². The van der Waals surface area contributed by atoms with Crippen molar-refractivity contribution in [2.45, 2.75) is 13.0 Å². The third-order valence-electron chi connectivity index (χ3n) is 8.12. The molecular formula is C35H47N9O12. The summed E-state index contributed by atoms with van der Waals surface area (Å²) in [6.45, 7) is -1.75. The molecule has 0 aliphatic rings. The maximum absolute atomic E-state index is 12.8. The molecule has 0 saturated heterocycles. The lowest BCUT2D eigenvalue weighted by molar-refractivity contribution is -0.143. The van der Waals surface area contributed by atoms with E-state index in [1.54, 1.807) is 35.2 Å². The second-order valence-electron chi connectivity index (χ2n) is 12.6. The standard InChI is InChI=1S/C35H47N9O12/c45-28(6-8-40-34(55)24-4-5-25-18-44(35(56)26(25)17-24)12-11-37-27-3-1-2-7-36-27)38-9-10-39-29(46)19-42(21-31(49)50)15-13-41(20-30(47)48)14-16-43(22-32(51)52)23-33(53)54/h1-5,7,17-18,56H,6,8-16,19-23H2,(H,36,37)(H,38,45)(H,39,46)(H,40,55)(H,47,48)(H,49,50)(H,51,52)(H,53,54). The second kappa shape index (κ2) is 22.8. The number of rotatable bonds is 27. The molecule has 304 valence electrons. The molecule has 0 saturated carbocycles. The van der Waals surface area contributed by atoms with Crippen molar-refractivity contribution < 1.29 is 59.1 Å². The van der Waals surface area contributed by atoms with Gasteiger partial charge in [0.15, 0.2) is 5.88 Å². The Morgan fingerprint density at radius 2 is 1.21 bits per heavy atom. The van der Waals surface area contributed by atoms with Crippen molar-refractivity contribution in [1.82, 2.24) is 40.2 Å². The van der Waals surface area contributed by atoms with E-state index >= 15 is 0 Å². The van der Waals surface area contributed by atoms with Crippen LogP contribution in [0.2, 0.25) is 0 Å². The predicted molar refractivity (Wildman–Crippen MR) is 199 cm³/mol. The molecule has 3 rings (SSSR count). The van der Waals surface area contributed by atoms with Gasteiger partial charge in [-0.2, -0.15) is 0 Å². The topological polar surface area (TPSA) is 296 Å². The molecule has 0 unspecified atom stereocenters. The number of nitrogens with one attached hydrogen (secondary N) is 4. The number of hydrogen-bond acceptors (Lipinski definition) is 13. The predicted octanol–water partition coefficient (Wildman–Crippen LogP) is -1.55. The smallest absolute Gasteiger partial charge is 0.317 e. The summed E-state index contributed by atoms with van der Waals surface area (Å²) in [5.74, 6) is -5.67. The molecule has 0 aliphatic carbocycles. The van der Waals surface area contributed by atoms with Crippen LogP contribution in [0.5, 0.6) is 5.88 Å². The zero-order chi connectivity index (χ0) is 41.0. The van der Waals surface area contributed by atoms with Gasteiger partial charge in [-0.05, 0) is 24.3 Å². The van der Waals surface area contributed by atoms with Crippen molar-refractivity contribution in [3.63, 3.8) is 0 Å². The van der Waals surface area contributed by atoms with Gasteiger partial charge in [0, 0.05) is 94.1 Å². The molecule has 21 nitrogen and oxygen atoms in total. The van der Waals surface area contributed by atoms with Crippen LogP contribution in [0.1, 0.15) is 16.8 Å². The fourth-order valence-corrected chi connectivity index (χ4v) is 5.50. The number of carbonyl (C=O) groups excluding carboxylic acids is 3. The highest BCUT2D eigenvalue weighted by Crippen LogP contribution is 2.28. The van der Waals surface area contributed by atoms with E-state index in [2.05, 4.69) is 26.3 Å². The van der Waals surface area contributed by atoms with E-state index in [-0.39, 0.29) is 64.7 Å². The second-order valence-corrected chi connectivity index (χ2v) is 12.6. The molecule has 2 aromatic heterocycles. The van der Waals surface area contributed by atoms with Gasteiger partial charge in [0.25, 0.3) is 5.91 Å². The summed E-state index contributed by atoms with van der Waals surface area (Å²) in [5.41, 5.74) is 0.296. The maximum atomic E-state index is 12.8. The normalized spacial score (nSPS) is 11.1. The molecule has 0 radical (unpaired) electrons. The van der Waals surface area contributed by atoms with Crippen LogP contribution >= 0.6 is 0 Å². The molecule has 9 N–H and O–H groups in total. The minimum absolute atomic E-state index is 0.00827. The van der Waals surface area contributed by atoms with Crippen molar-refractivity contribution in [3.8, 4) is 5.88 Å². The number of aromatic hydroxyl groups is 1. The van der Waals surface area contributed by atoms with E-state index in [0.29, 0.717) is 29.9 Å². The summed E-state index contributed by atoms with van der Waals surface area (Å²) in [7, 11) is 0. The van der Waals surface area contributed by atoms with Crippen LogP contribution in [0, 0.1) is 0 Å². The summed E-state index contributed by atoms with van der Waals surface area (Å²) >= 11 is 0. The molecule has 0 atom stereocenters. The molecule has 56 heavy (non-hydrogen) atoms. The summed E-state index contributed by atoms with van der Waals surface area (Å²) in [4.78, 5) is 90.5. The van der Waals surface area contributed by atoms with Gasteiger partial charge in [-0.3, -0.25) is 48.3 Å². The van der Waals surface area contributed by atoms with E-state index in [0.717, 1.165) is 10.3 Å². The Bertz CT molecular complexity index is 1810. The SMILES string of the molecule is O=C(O)CN(CCN(CC(=O)O)CC(=O)O)CCN(CC(=O)O)CC(=O)NCCNC(=O)CCNC(=O)c1ccc2cn(CCNc3ccccn3)c(O)c2c1. The highest BCUT2D eigenvalue weighted by atomic mass is 16.4. The van der Waals surface area contributed by atoms with Gasteiger partial charge in [-0.15, -0.1) is 0 Å². The van der Waals surface area contributed by atoms with Crippen molar-refractivity contribution in [2.24, 2.45) is 0 Å². The third-order valence-corrected chi connectivity index (χ3v) is 8.12. The Morgan fingerprint density at radius 1 is 0.643 bits per heavy atom. The number of aromatic nitrogens is 2. The van der Waals surface area contributed by atoms with Crippen LogP contribution in [0.25, 0.3) is 10.8 Å². The van der Waals surface area contributed by atoms with Gasteiger partial charge in [0.05, 0.1) is 32.7 Å². The summed E-state index contributed by atoms with van der Waals surface area (Å²) < 4.78 is 1.66. The van der Waals surface area contributed by atoms with Gasteiger partial charge >= 0.3 is 23.9 Å². The number of carboxylic acid groups (broad SMARTS) is 4. The zero-order valence-corrected chi connectivity index (χ0v) is 30.6. The van der Waals surface area contributed by atoms with Crippen LogP contribution < -0.4 is 21.3 Å². The monoisotopic (exact) mass is 785 g/mol. The number of benzene rings is 1. The minimum atomic E-state index is -1.26. The average molecular weight is 786 g/mol. The number of hydrogen-bond donors (Lipinski definition) is 9. The van der Waals surface area contributed by atoms with Crippen LogP contribution in [-0.4, -0.2) is 176 Å². The number of anilines is 1. The number of pyridine rings is 1. The van der Waals surface area contributed by atoms with Crippen LogP contribution in [-0.2, 0) is 35.3 Å². The first-order valence-corrected chi connectivity index (χ1v) is 17.5. The van der Waals surface area contributed by atoms with E-state index < -0.39 is 67.8 Å². The molecule has 3 amide bonds. The van der Waals surface area contributed by atoms with Crippen molar-refractivity contribution >= 4 is 58.2 Å². The van der Waals surface area contributed by atoms with E-state index in [1.807, 2.05) is 18.2 Å². The number of fused-ring (bicyclic) bond motifs is 1. The van der Waals surface area contributed by atoms with E-state index in [1.165, 1.54) is 9.80 Å². The molecule has 21 heteroatoms. The largest absolute Gasteiger partial charge is 0.494 e. The van der Waals surface area contributed by atoms with Gasteiger partial charge in [-0.25, -0.2) is 4.98 Å². The summed E-state index contributed by atoms with van der Waals surface area (Å²) in [5, 5.41) is 59.6. The quantitative estimate of drug-likeness (QED) is 0.0395. The fraction of sp³-hybridized carbons (Fsp3) is 0.429. The lowest BCUT2D eigenvalue weighted by Gasteiger charge is -2.27. The lowest BCUT2D eigenvalue weighted by atomic mass is 10.1. The van der Waals surface area contributed by atoms with Gasteiger partial charge in [-0.1, -0.05) is 12.1 Å². The van der Waals surface area contributed by atoms with E-state index in [4.69, 9.17) is 10.2 Å². The van der Waals surface area contributed by atoms with Gasteiger partial charge in [0.2, 0.25) is 11.8 Å². The molecular weight excluding hydrogens is 738 g/mol. The summed E-state index contributed by atoms with van der Waals surface area (Å²) in [6.07, 6.45) is 3.39. The molecule has 1 aromatic carbocycles. The van der Waals surface area contributed by atoms with Crippen molar-refractivity contribution in [2.75, 3.05) is 90.4 Å². The fourth-order valence-electron chi connectivity index (χ4n) is 5.50. The van der Waals surface area contributed by atoms with Crippen LogP contribution in [0.4, 0.5) is 5.82 Å². The number of carbonyl (C=O) groups is 7. The molecule has 3 aromatic rings.